The van der Waals surface area contributed by atoms with Gasteiger partial charge in [0.1, 0.15) is 0 Å². The molecule has 1 atom stereocenters. The first kappa shape index (κ1) is 12.4. The van der Waals surface area contributed by atoms with E-state index in [1.165, 1.54) is 0 Å². The molecule has 0 aliphatic carbocycles. The molecule has 1 aromatic carbocycles. The molecule has 0 saturated carbocycles. The van der Waals surface area contributed by atoms with E-state index in [-0.39, 0.29) is 5.91 Å². The van der Waals surface area contributed by atoms with Crippen LogP contribution in [-0.4, -0.2) is 19.1 Å². The summed E-state index contributed by atoms with van der Waals surface area (Å²) in [4.78, 5) is 11.8. The van der Waals surface area contributed by atoms with Crippen molar-refractivity contribution >= 4 is 23.2 Å². The predicted octanol–water partition coefficient (Wildman–Crippen LogP) is 3.10. The van der Waals surface area contributed by atoms with Crippen molar-refractivity contribution in [3.8, 4) is 0 Å². The Morgan fingerprint density at radius 2 is 2.29 bits per heavy atom. The second kappa shape index (κ2) is 6.03. The Labute approximate surface area is 106 Å². The number of nitrogens with one attached hydrogen (secondary N) is 1. The van der Waals surface area contributed by atoms with E-state index in [1.807, 2.05) is 12.1 Å². The van der Waals surface area contributed by atoms with Crippen LogP contribution in [-0.2, 0) is 9.53 Å². The van der Waals surface area contributed by atoms with Gasteiger partial charge in [0.05, 0.1) is 10.7 Å². The second-order valence-electron chi connectivity index (χ2n) is 4.32. The van der Waals surface area contributed by atoms with Gasteiger partial charge < -0.3 is 10.1 Å². The van der Waals surface area contributed by atoms with E-state index < -0.39 is 0 Å². The van der Waals surface area contributed by atoms with Crippen molar-refractivity contribution in [2.75, 3.05) is 18.5 Å². The Kier molecular flexibility index (Phi) is 4.40. The monoisotopic (exact) mass is 253 g/mol. The van der Waals surface area contributed by atoms with E-state index in [2.05, 4.69) is 5.32 Å². The number of para-hydroxylation sites is 1. The summed E-state index contributed by atoms with van der Waals surface area (Å²) in [6.07, 6.45) is 2.62. The van der Waals surface area contributed by atoms with Crippen LogP contribution in [0, 0.1) is 5.92 Å². The number of rotatable bonds is 3. The second-order valence-corrected chi connectivity index (χ2v) is 4.72. The Morgan fingerprint density at radius 3 is 3.00 bits per heavy atom. The quantitative estimate of drug-likeness (QED) is 0.899. The highest BCUT2D eigenvalue weighted by atomic mass is 35.5. The van der Waals surface area contributed by atoms with E-state index in [0.717, 1.165) is 19.4 Å². The number of ether oxygens (including phenoxy) is 1. The fourth-order valence-corrected chi connectivity index (χ4v) is 2.18. The number of carbonyl (C=O) groups excluding carboxylic acids is 1. The summed E-state index contributed by atoms with van der Waals surface area (Å²) in [5.41, 5.74) is 0.677. The smallest absolute Gasteiger partial charge is 0.224 e. The molecule has 1 fully saturated rings. The Balaban J connectivity index is 1.86. The maximum Gasteiger partial charge on any atom is 0.224 e. The molecule has 1 heterocycles. The molecule has 0 aromatic heterocycles. The normalized spacial score (nSPS) is 19.9. The van der Waals surface area contributed by atoms with Crippen molar-refractivity contribution in [3.63, 3.8) is 0 Å². The average molecular weight is 254 g/mol. The summed E-state index contributed by atoms with van der Waals surface area (Å²) in [5, 5.41) is 3.40. The van der Waals surface area contributed by atoms with Crippen LogP contribution in [0.15, 0.2) is 24.3 Å². The van der Waals surface area contributed by atoms with Crippen molar-refractivity contribution in [2.45, 2.75) is 19.3 Å². The maximum atomic E-state index is 11.8. The van der Waals surface area contributed by atoms with E-state index >= 15 is 0 Å². The van der Waals surface area contributed by atoms with E-state index in [0.29, 0.717) is 29.7 Å². The predicted molar refractivity (Wildman–Crippen MR) is 68.2 cm³/mol. The molecular weight excluding hydrogens is 238 g/mol. The van der Waals surface area contributed by atoms with Crippen molar-refractivity contribution in [2.24, 2.45) is 5.92 Å². The van der Waals surface area contributed by atoms with Gasteiger partial charge in [-0.15, -0.1) is 0 Å². The molecule has 1 aliphatic rings. The Bertz CT molecular complexity index is 389. The van der Waals surface area contributed by atoms with Gasteiger partial charge in [0.25, 0.3) is 0 Å². The van der Waals surface area contributed by atoms with Crippen LogP contribution >= 0.6 is 11.6 Å². The van der Waals surface area contributed by atoms with E-state index in [4.69, 9.17) is 16.3 Å². The largest absolute Gasteiger partial charge is 0.381 e. The first-order valence-corrected chi connectivity index (χ1v) is 6.25. The highest BCUT2D eigenvalue weighted by Gasteiger charge is 2.17. The SMILES string of the molecule is O=C(CC1CCCOC1)Nc1ccccc1Cl. The van der Waals surface area contributed by atoms with Gasteiger partial charge in [-0.05, 0) is 30.9 Å². The van der Waals surface area contributed by atoms with Gasteiger partial charge in [0.15, 0.2) is 0 Å². The first-order chi connectivity index (χ1) is 8.25. The fraction of sp³-hybridized carbons (Fsp3) is 0.462. The van der Waals surface area contributed by atoms with Crippen molar-refractivity contribution in [1.29, 1.82) is 0 Å². The van der Waals surface area contributed by atoms with Crippen LogP contribution in [0.5, 0.6) is 0 Å². The summed E-state index contributed by atoms with van der Waals surface area (Å²) in [6.45, 7) is 1.51. The summed E-state index contributed by atoms with van der Waals surface area (Å²) in [6, 6.07) is 7.26. The molecule has 3 nitrogen and oxygen atoms in total. The number of benzene rings is 1. The summed E-state index contributed by atoms with van der Waals surface area (Å²) in [7, 11) is 0. The summed E-state index contributed by atoms with van der Waals surface area (Å²) < 4.78 is 5.35. The van der Waals surface area contributed by atoms with Gasteiger partial charge in [-0.3, -0.25) is 4.79 Å². The lowest BCUT2D eigenvalue weighted by atomic mass is 9.98. The van der Waals surface area contributed by atoms with Crippen LogP contribution in [0.4, 0.5) is 5.69 Å². The van der Waals surface area contributed by atoms with Gasteiger partial charge in [-0.25, -0.2) is 0 Å². The van der Waals surface area contributed by atoms with Crippen LogP contribution in [0.2, 0.25) is 5.02 Å². The van der Waals surface area contributed by atoms with Gasteiger partial charge in [-0.2, -0.15) is 0 Å². The molecule has 1 saturated heterocycles. The molecule has 4 heteroatoms. The minimum atomic E-state index is 0.00796. The third kappa shape index (κ3) is 3.72. The lowest BCUT2D eigenvalue weighted by molar-refractivity contribution is -0.118. The molecule has 92 valence electrons. The Morgan fingerprint density at radius 1 is 1.47 bits per heavy atom. The van der Waals surface area contributed by atoms with Gasteiger partial charge in [0.2, 0.25) is 5.91 Å². The van der Waals surface area contributed by atoms with E-state index in [9.17, 15) is 4.79 Å². The molecule has 1 amide bonds. The molecule has 17 heavy (non-hydrogen) atoms. The van der Waals surface area contributed by atoms with E-state index in [1.54, 1.807) is 12.1 Å². The molecule has 0 spiro atoms. The minimum absolute atomic E-state index is 0.00796. The highest BCUT2D eigenvalue weighted by molar-refractivity contribution is 6.33. The number of hydrogen-bond acceptors (Lipinski definition) is 2. The third-order valence-electron chi connectivity index (χ3n) is 2.88. The Hall–Kier alpha value is -1.06. The van der Waals surface area contributed by atoms with Crippen LogP contribution in [0.1, 0.15) is 19.3 Å². The third-order valence-corrected chi connectivity index (χ3v) is 3.21. The zero-order chi connectivity index (χ0) is 12.1. The standard InChI is InChI=1S/C13H16ClNO2/c14-11-5-1-2-6-12(11)15-13(16)8-10-4-3-7-17-9-10/h1-2,5-6,10H,3-4,7-9H2,(H,15,16). The zero-order valence-corrected chi connectivity index (χ0v) is 10.4. The molecular formula is C13H16ClNO2. The first-order valence-electron chi connectivity index (χ1n) is 5.88. The number of hydrogen-bond donors (Lipinski definition) is 1. The molecule has 2 rings (SSSR count). The number of halogens is 1. The molecule has 1 aromatic rings. The molecule has 1 aliphatic heterocycles. The summed E-state index contributed by atoms with van der Waals surface area (Å²) in [5.74, 6) is 0.347. The van der Waals surface area contributed by atoms with Crippen LogP contribution in [0.3, 0.4) is 0 Å². The zero-order valence-electron chi connectivity index (χ0n) is 9.62. The van der Waals surface area contributed by atoms with Gasteiger partial charge >= 0.3 is 0 Å². The minimum Gasteiger partial charge on any atom is -0.381 e. The van der Waals surface area contributed by atoms with Gasteiger partial charge in [-0.1, -0.05) is 23.7 Å². The topological polar surface area (TPSA) is 38.3 Å². The lowest BCUT2D eigenvalue weighted by Crippen LogP contribution is -2.23. The van der Waals surface area contributed by atoms with Crippen molar-refractivity contribution in [1.82, 2.24) is 0 Å². The average Bonchev–Trinajstić information content (AvgIpc) is 2.33. The molecule has 1 N–H and O–H groups in total. The number of anilines is 1. The molecule has 1 unspecified atom stereocenters. The summed E-state index contributed by atoms with van der Waals surface area (Å²) >= 11 is 5.97. The lowest BCUT2D eigenvalue weighted by Gasteiger charge is -2.21. The maximum absolute atomic E-state index is 11.8. The molecule has 0 bridgehead atoms. The van der Waals surface area contributed by atoms with Gasteiger partial charge in [0, 0.05) is 19.6 Å². The number of amides is 1. The molecule has 0 radical (unpaired) electrons. The number of carbonyl (C=O) groups is 1. The fourth-order valence-electron chi connectivity index (χ4n) is 1.99. The highest BCUT2D eigenvalue weighted by Crippen LogP contribution is 2.22. The van der Waals surface area contributed by atoms with Crippen molar-refractivity contribution < 1.29 is 9.53 Å². The van der Waals surface area contributed by atoms with Crippen LogP contribution in [0.25, 0.3) is 0 Å². The van der Waals surface area contributed by atoms with Crippen LogP contribution < -0.4 is 5.32 Å². The van der Waals surface area contributed by atoms with Crippen molar-refractivity contribution in [3.05, 3.63) is 29.3 Å².